The Labute approximate surface area is 110 Å². The fourth-order valence-corrected chi connectivity index (χ4v) is 2.56. The summed E-state index contributed by atoms with van der Waals surface area (Å²) >= 11 is 6.84. The van der Waals surface area contributed by atoms with Crippen molar-refractivity contribution < 1.29 is 9.63 Å². The van der Waals surface area contributed by atoms with E-state index in [0.717, 1.165) is 14.5 Å². The fraction of sp³-hybridized carbons (Fsp3) is 0.182. The Morgan fingerprint density at radius 1 is 1.31 bits per heavy atom. The predicted molar refractivity (Wildman–Crippen MR) is 68.0 cm³/mol. The molecule has 0 bridgehead atoms. The van der Waals surface area contributed by atoms with Crippen LogP contribution in [0.15, 0.2) is 37.7 Å². The summed E-state index contributed by atoms with van der Waals surface area (Å²) in [7, 11) is 0. The van der Waals surface area contributed by atoms with Crippen LogP contribution >= 0.6 is 31.9 Å². The van der Waals surface area contributed by atoms with Gasteiger partial charge in [0.05, 0.1) is 0 Å². The number of nitrogens with zero attached hydrogens (tertiary/aromatic N) is 1. The third kappa shape index (κ3) is 2.36. The molecule has 0 saturated heterocycles. The first-order chi connectivity index (χ1) is 7.58. The van der Waals surface area contributed by atoms with Crippen molar-refractivity contribution in [1.29, 1.82) is 0 Å². The van der Waals surface area contributed by atoms with Gasteiger partial charge in [-0.15, -0.1) is 0 Å². The molecule has 1 atom stereocenters. The van der Waals surface area contributed by atoms with Crippen LogP contribution in [0.1, 0.15) is 18.8 Å². The second-order valence-electron chi connectivity index (χ2n) is 3.41. The van der Waals surface area contributed by atoms with Crippen LogP contribution in [0.5, 0.6) is 0 Å². The molecular formula is C11H9Br2NO2. The van der Waals surface area contributed by atoms with Gasteiger partial charge in [-0.2, -0.15) is 0 Å². The summed E-state index contributed by atoms with van der Waals surface area (Å²) in [6.07, 6.45) is -0.643. The van der Waals surface area contributed by atoms with Gasteiger partial charge >= 0.3 is 0 Å². The van der Waals surface area contributed by atoms with E-state index in [9.17, 15) is 5.11 Å². The predicted octanol–water partition coefficient (Wildman–Crippen LogP) is 3.92. The summed E-state index contributed by atoms with van der Waals surface area (Å²) < 4.78 is 6.94. The Kier molecular flexibility index (Phi) is 3.47. The van der Waals surface area contributed by atoms with Crippen molar-refractivity contribution in [1.82, 2.24) is 5.16 Å². The first kappa shape index (κ1) is 11.8. The Bertz CT molecular complexity index is 508. The lowest BCUT2D eigenvalue weighted by molar-refractivity contribution is 0.158. The maximum absolute atomic E-state index is 9.34. The van der Waals surface area contributed by atoms with Crippen molar-refractivity contribution in [2.45, 2.75) is 13.0 Å². The summed E-state index contributed by atoms with van der Waals surface area (Å²) in [4.78, 5) is 0. The minimum absolute atomic E-state index is 0.463. The zero-order valence-electron chi connectivity index (χ0n) is 8.45. The van der Waals surface area contributed by atoms with Gasteiger partial charge in [0.2, 0.25) is 0 Å². The summed E-state index contributed by atoms with van der Waals surface area (Å²) in [6.45, 7) is 1.64. The van der Waals surface area contributed by atoms with Gasteiger partial charge in [-0.05, 0) is 19.1 Å². The van der Waals surface area contributed by atoms with E-state index < -0.39 is 6.10 Å². The third-order valence-corrected chi connectivity index (χ3v) is 3.30. The number of hydrogen-bond acceptors (Lipinski definition) is 3. The van der Waals surface area contributed by atoms with E-state index in [1.54, 1.807) is 13.0 Å². The Morgan fingerprint density at radius 2 is 2.06 bits per heavy atom. The van der Waals surface area contributed by atoms with Crippen molar-refractivity contribution >= 4 is 31.9 Å². The van der Waals surface area contributed by atoms with E-state index in [-0.39, 0.29) is 0 Å². The van der Waals surface area contributed by atoms with Gasteiger partial charge in [-0.1, -0.05) is 43.1 Å². The third-order valence-electron chi connectivity index (χ3n) is 2.15. The highest BCUT2D eigenvalue weighted by atomic mass is 79.9. The number of aliphatic hydroxyl groups excluding tert-OH is 1. The van der Waals surface area contributed by atoms with Crippen LogP contribution in [0.4, 0.5) is 0 Å². The van der Waals surface area contributed by atoms with Crippen LogP contribution in [-0.2, 0) is 0 Å². The number of hydrogen-bond donors (Lipinski definition) is 1. The summed E-state index contributed by atoms with van der Waals surface area (Å²) in [5.41, 5.74) is 1.63. The molecule has 84 valence electrons. The molecular weight excluding hydrogens is 338 g/mol. The zero-order chi connectivity index (χ0) is 11.7. The first-order valence-electron chi connectivity index (χ1n) is 4.68. The average molecular weight is 347 g/mol. The molecule has 0 spiro atoms. The van der Waals surface area contributed by atoms with Crippen LogP contribution in [-0.4, -0.2) is 10.3 Å². The second-order valence-corrected chi connectivity index (χ2v) is 5.18. The molecule has 1 aromatic heterocycles. The molecule has 0 saturated carbocycles. The lowest BCUT2D eigenvalue weighted by Crippen LogP contribution is -1.85. The average Bonchev–Trinajstić information content (AvgIpc) is 2.66. The number of aliphatic hydroxyl groups is 1. The highest BCUT2D eigenvalue weighted by molar-refractivity contribution is 9.11. The lowest BCUT2D eigenvalue weighted by Gasteiger charge is -2.00. The molecule has 5 heteroatoms. The summed E-state index contributed by atoms with van der Waals surface area (Å²) in [5.74, 6) is 0.463. The molecule has 16 heavy (non-hydrogen) atoms. The maximum Gasteiger partial charge on any atom is 0.165 e. The second kappa shape index (κ2) is 4.69. The van der Waals surface area contributed by atoms with Crippen LogP contribution < -0.4 is 0 Å². The monoisotopic (exact) mass is 345 g/mol. The zero-order valence-corrected chi connectivity index (χ0v) is 11.6. The SMILES string of the molecule is CC(O)c1cc(-c2ccc(Br)cc2Br)no1. The van der Waals surface area contributed by atoms with Crippen molar-refractivity contribution in [2.24, 2.45) is 0 Å². The fourth-order valence-electron chi connectivity index (χ4n) is 1.31. The lowest BCUT2D eigenvalue weighted by atomic mass is 10.1. The molecule has 0 amide bonds. The summed E-state index contributed by atoms with van der Waals surface area (Å²) in [5, 5.41) is 13.3. The smallest absolute Gasteiger partial charge is 0.165 e. The minimum atomic E-state index is -0.643. The van der Waals surface area contributed by atoms with E-state index in [0.29, 0.717) is 11.5 Å². The molecule has 2 aromatic rings. The molecule has 0 aliphatic heterocycles. The van der Waals surface area contributed by atoms with Crippen molar-refractivity contribution in [3.05, 3.63) is 39.0 Å². The van der Waals surface area contributed by atoms with Gasteiger partial charge in [0.1, 0.15) is 11.8 Å². The van der Waals surface area contributed by atoms with Crippen LogP contribution in [0.2, 0.25) is 0 Å². The van der Waals surface area contributed by atoms with Gasteiger partial charge in [0.25, 0.3) is 0 Å². The van der Waals surface area contributed by atoms with Crippen molar-refractivity contribution in [3.8, 4) is 11.3 Å². The molecule has 1 aromatic carbocycles. The van der Waals surface area contributed by atoms with Gasteiger partial charge in [0, 0.05) is 20.6 Å². The largest absolute Gasteiger partial charge is 0.385 e. The van der Waals surface area contributed by atoms with Crippen molar-refractivity contribution in [3.63, 3.8) is 0 Å². The van der Waals surface area contributed by atoms with Crippen LogP contribution in [0.25, 0.3) is 11.3 Å². The van der Waals surface area contributed by atoms with Crippen molar-refractivity contribution in [2.75, 3.05) is 0 Å². The van der Waals surface area contributed by atoms with E-state index >= 15 is 0 Å². The highest BCUT2D eigenvalue weighted by Gasteiger charge is 2.12. The number of benzene rings is 1. The standard InChI is InChI=1S/C11H9Br2NO2/c1-6(15)11-5-10(14-16-11)8-3-2-7(12)4-9(8)13/h2-6,15H,1H3. The summed E-state index contributed by atoms with van der Waals surface area (Å²) in [6, 6.07) is 7.53. The Hall–Kier alpha value is -0.650. The van der Waals surface area contributed by atoms with Crippen LogP contribution in [0.3, 0.4) is 0 Å². The quantitative estimate of drug-likeness (QED) is 0.896. The van der Waals surface area contributed by atoms with E-state index in [1.165, 1.54) is 0 Å². The number of halogens is 2. The van der Waals surface area contributed by atoms with Gasteiger partial charge in [0.15, 0.2) is 5.76 Å². The van der Waals surface area contributed by atoms with E-state index in [2.05, 4.69) is 37.0 Å². The Balaban J connectivity index is 2.42. The van der Waals surface area contributed by atoms with Gasteiger partial charge in [-0.3, -0.25) is 0 Å². The molecule has 3 nitrogen and oxygen atoms in total. The number of aromatic nitrogens is 1. The van der Waals surface area contributed by atoms with Gasteiger partial charge < -0.3 is 9.63 Å². The molecule has 0 aliphatic rings. The topological polar surface area (TPSA) is 46.3 Å². The molecule has 1 heterocycles. The highest BCUT2D eigenvalue weighted by Crippen LogP contribution is 2.31. The number of rotatable bonds is 2. The normalized spacial score (nSPS) is 12.8. The molecule has 0 aliphatic carbocycles. The molecule has 0 fully saturated rings. The molecule has 2 rings (SSSR count). The first-order valence-corrected chi connectivity index (χ1v) is 6.26. The molecule has 0 radical (unpaired) electrons. The molecule has 1 unspecified atom stereocenters. The van der Waals surface area contributed by atoms with E-state index in [4.69, 9.17) is 4.52 Å². The van der Waals surface area contributed by atoms with E-state index in [1.807, 2.05) is 18.2 Å². The minimum Gasteiger partial charge on any atom is -0.385 e. The maximum atomic E-state index is 9.34. The van der Waals surface area contributed by atoms with Crippen LogP contribution in [0, 0.1) is 0 Å². The van der Waals surface area contributed by atoms with Gasteiger partial charge in [-0.25, -0.2) is 0 Å². The molecule has 1 N–H and O–H groups in total. The Morgan fingerprint density at radius 3 is 2.62 bits per heavy atom.